The van der Waals surface area contributed by atoms with Crippen LogP contribution in [0.5, 0.6) is 0 Å². The van der Waals surface area contributed by atoms with Gasteiger partial charge in [0.1, 0.15) is 11.5 Å². The zero-order valence-corrected chi connectivity index (χ0v) is 15.7. The maximum atomic E-state index is 12.7. The van der Waals surface area contributed by atoms with Crippen molar-refractivity contribution < 1.29 is 14.0 Å². The Bertz CT molecular complexity index is 810. The molecule has 5 heteroatoms. The van der Waals surface area contributed by atoms with E-state index in [1.807, 2.05) is 29.2 Å². The number of furan rings is 1. The van der Waals surface area contributed by atoms with Crippen molar-refractivity contribution in [3.8, 4) is 0 Å². The van der Waals surface area contributed by atoms with Gasteiger partial charge in [0.05, 0.1) is 6.54 Å². The third-order valence-electron chi connectivity index (χ3n) is 5.45. The third-order valence-corrected chi connectivity index (χ3v) is 5.45. The Morgan fingerprint density at radius 1 is 1.15 bits per heavy atom. The number of hydrogen-bond donors (Lipinski definition) is 1. The molecule has 142 valence electrons. The van der Waals surface area contributed by atoms with Gasteiger partial charge in [0.2, 0.25) is 5.91 Å². The monoisotopic (exact) mass is 366 g/mol. The number of benzene rings is 1. The number of hydrogen-bond acceptors (Lipinski definition) is 3. The average Bonchev–Trinajstić information content (AvgIpc) is 3.60. The summed E-state index contributed by atoms with van der Waals surface area (Å²) in [6.45, 7) is 3.10. The van der Waals surface area contributed by atoms with Crippen LogP contribution in [0.1, 0.15) is 60.4 Å². The smallest absolute Gasteiger partial charge is 0.251 e. The molecule has 1 aromatic heterocycles. The van der Waals surface area contributed by atoms with Crippen molar-refractivity contribution in [3.05, 3.63) is 59.5 Å². The van der Waals surface area contributed by atoms with E-state index in [1.54, 1.807) is 12.1 Å². The van der Waals surface area contributed by atoms with Gasteiger partial charge in [0, 0.05) is 30.5 Å². The molecule has 0 radical (unpaired) electrons. The molecule has 1 aromatic carbocycles. The summed E-state index contributed by atoms with van der Waals surface area (Å²) >= 11 is 0. The van der Waals surface area contributed by atoms with Crippen molar-refractivity contribution in [1.82, 2.24) is 10.2 Å². The third kappa shape index (κ3) is 4.41. The van der Waals surface area contributed by atoms with Crippen LogP contribution in [-0.2, 0) is 11.3 Å². The highest BCUT2D eigenvalue weighted by atomic mass is 16.3. The standard InChI is InChI=1S/C22H26N2O3/c1-15-13-19(15)20-10-9-18(27-20)14-24(17-7-8-17)21(25)11-12-23-22(26)16-5-3-2-4-6-16/h2-6,9-10,15,17,19H,7-8,11-14H2,1H3,(H,23,26). The first-order valence-electron chi connectivity index (χ1n) is 9.83. The molecule has 2 fully saturated rings. The van der Waals surface area contributed by atoms with E-state index in [2.05, 4.69) is 18.3 Å². The molecule has 1 N–H and O–H groups in total. The molecule has 2 atom stereocenters. The van der Waals surface area contributed by atoms with Crippen molar-refractivity contribution in [2.45, 2.75) is 51.1 Å². The van der Waals surface area contributed by atoms with E-state index in [1.165, 1.54) is 6.42 Å². The van der Waals surface area contributed by atoms with Crippen LogP contribution in [0, 0.1) is 5.92 Å². The van der Waals surface area contributed by atoms with Crippen LogP contribution in [0.2, 0.25) is 0 Å². The number of nitrogens with one attached hydrogen (secondary N) is 1. The lowest BCUT2D eigenvalue weighted by atomic mass is 10.2. The molecule has 2 unspecified atom stereocenters. The zero-order chi connectivity index (χ0) is 18.8. The second kappa shape index (κ2) is 7.59. The molecule has 27 heavy (non-hydrogen) atoms. The SMILES string of the molecule is CC1CC1c1ccc(CN(C(=O)CCNC(=O)c2ccccc2)C2CC2)o1. The Morgan fingerprint density at radius 2 is 1.89 bits per heavy atom. The molecule has 2 amide bonds. The van der Waals surface area contributed by atoms with Crippen LogP contribution in [0.4, 0.5) is 0 Å². The fourth-order valence-electron chi connectivity index (χ4n) is 3.49. The molecule has 0 bridgehead atoms. The summed E-state index contributed by atoms with van der Waals surface area (Å²) < 4.78 is 5.97. The van der Waals surface area contributed by atoms with Gasteiger partial charge < -0.3 is 14.6 Å². The summed E-state index contributed by atoms with van der Waals surface area (Å²) in [6, 6.07) is 13.4. The van der Waals surface area contributed by atoms with E-state index in [4.69, 9.17) is 4.42 Å². The summed E-state index contributed by atoms with van der Waals surface area (Å²) in [5, 5.41) is 2.83. The summed E-state index contributed by atoms with van der Waals surface area (Å²) in [7, 11) is 0. The minimum atomic E-state index is -0.143. The molecular weight excluding hydrogens is 340 g/mol. The fourth-order valence-corrected chi connectivity index (χ4v) is 3.49. The van der Waals surface area contributed by atoms with Crippen molar-refractivity contribution in [3.63, 3.8) is 0 Å². The minimum absolute atomic E-state index is 0.0728. The lowest BCUT2D eigenvalue weighted by molar-refractivity contribution is -0.132. The number of rotatable bonds is 8. The minimum Gasteiger partial charge on any atom is -0.464 e. The van der Waals surface area contributed by atoms with Crippen LogP contribution >= 0.6 is 0 Å². The van der Waals surface area contributed by atoms with Crippen LogP contribution in [0.3, 0.4) is 0 Å². The van der Waals surface area contributed by atoms with Crippen LogP contribution < -0.4 is 5.32 Å². The zero-order valence-electron chi connectivity index (χ0n) is 15.7. The molecule has 0 spiro atoms. The Labute approximate surface area is 159 Å². The Hall–Kier alpha value is -2.56. The second-order valence-electron chi connectivity index (χ2n) is 7.75. The quantitative estimate of drug-likeness (QED) is 0.775. The number of carbonyl (C=O) groups is 2. The first-order valence-corrected chi connectivity index (χ1v) is 9.83. The van der Waals surface area contributed by atoms with E-state index in [-0.39, 0.29) is 11.8 Å². The summed E-state index contributed by atoms with van der Waals surface area (Å²) in [4.78, 5) is 26.7. The maximum Gasteiger partial charge on any atom is 0.251 e. The van der Waals surface area contributed by atoms with E-state index < -0.39 is 0 Å². The largest absolute Gasteiger partial charge is 0.464 e. The van der Waals surface area contributed by atoms with Crippen molar-refractivity contribution >= 4 is 11.8 Å². The van der Waals surface area contributed by atoms with E-state index >= 15 is 0 Å². The highest BCUT2D eigenvalue weighted by Gasteiger charge is 2.37. The van der Waals surface area contributed by atoms with Gasteiger partial charge in [-0.25, -0.2) is 0 Å². The normalized spacial score (nSPS) is 20.9. The fraction of sp³-hybridized carbons (Fsp3) is 0.455. The van der Waals surface area contributed by atoms with Crippen molar-refractivity contribution in [2.75, 3.05) is 6.54 Å². The highest BCUT2D eigenvalue weighted by molar-refractivity contribution is 5.94. The van der Waals surface area contributed by atoms with Gasteiger partial charge in [0.25, 0.3) is 5.91 Å². The molecule has 2 aliphatic carbocycles. The number of amides is 2. The van der Waals surface area contributed by atoms with Gasteiger partial charge >= 0.3 is 0 Å². The topological polar surface area (TPSA) is 62.6 Å². The van der Waals surface area contributed by atoms with Gasteiger partial charge in [-0.2, -0.15) is 0 Å². The van der Waals surface area contributed by atoms with Gasteiger partial charge in [-0.15, -0.1) is 0 Å². The predicted molar refractivity (Wildman–Crippen MR) is 102 cm³/mol. The Morgan fingerprint density at radius 3 is 2.56 bits per heavy atom. The van der Waals surface area contributed by atoms with Gasteiger partial charge in [0.15, 0.2) is 0 Å². The number of nitrogens with zero attached hydrogens (tertiary/aromatic N) is 1. The molecule has 5 nitrogen and oxygen atoms in total. The van der Waals surface area contributed by atoms with E-state index in [0.717, 1.165) is 24.4 Å². The van der Waals surface area contributed by atoms with E-state index in [0.29, 0.717) is 43.0 Å². The first-order chi connectivity index (χ1) is 13.1. The van der Waals surface area contributed by atoms with Gasteiger partial charge in [-0.3, -0.25) is 9.59 Å². The molecule has 2 saturated carbocycles. The summed E-state index contributed by atoms with van der Waals surface area (Å²) in [5.74, 6) is 3.10. The molecule has 2 aromatic rings. The molecule has 1 heterocycles. The molecule has 2 aliphatic rings. The summed E-state index contributed by atoms with van der Waals surface area (Å²) in [5.41, 5.74) is 0.612. The Kier molecular flexibility index (Phi) is 5.01. The van der Waals surface area contributed by atoms with Crippen molar-refractivity contribution in [1.29, 1.82) is 0 Å². The number of carbonyl (C=O) groups excluding carboxylic acids is 2. The van der Waals surface area contributed by atoms with Crippen molar-refractivity contribution in [2.24, 2.45) is 5.92 Å². The first kappa shape index (κ1) is 17.8. The van der Waals surface area contributed by atoms with E-state index in [9.17, 15) is 9.59 Å². The summed E-state index contributed by atoms with van der Waals surface area (Å²) in [6.07, 6.45) is 3.60. The average molecular weight is 366 g/mol. The molecule has 0 aliphatic heterocycles. The van der Waals surface area contributed by atoms with Gasteiger partial charge in [-0.1, -0.05) is 25.1 Å². The lowest BCUT2D eigenvalue weighted by Crippen LogP contribution is -2.35. The predicted octanol–water partition coefficient (Wildman–Crippen LogP) is 3.71. The second-order valence-corrected chi connectivity index (χ2v) is 7.75. The highest BCUT2D eigenvalue weighted by Crippen LogP contribution is 2.47. The maximum absolute atomic E-state index is 12.7. The Balaban J connectivity index is 1.29. The molecular formula is C22H26N2O3. The molecule has 4 rings (SSSR count). The van der Waals surface area contributed by atoms with Crippen LogP contribution in [-0.4, -0.2) is 29.3 Å². The molecule has 0 saturated heterocycles. The van der Waals surface area contributed by atoms with Gasteiger partial charge in [-0.05, 0) is 49.4 Å². The van der Waals surface area contributed by atoms with Crippen LogP contribution in [0.15, 0.2) is 46.9 Å². The van der Waals surface area contributed by atoms with Crippen LogP contribution in [0.25, 0.3) is 0 Å². The lowest BCUT2D eigenvalue weighted by Gasteiger charge is -2.21.